The molecule has 1 heterocycles. The van der Waals surface area contributed by atoms with Crippen molar-refractivity contribution in [2.24, 2.45) is 11.8 Å². The molecule has 2 aliphatic carbocycles. The molecule has 0 unspecified atom stereocenters. The van der Waals surface area contributed by atoms with E-state index < -0.39 is 10.0 Å². The molecule has 4 rings (SSSR count). The molecule has 2 fully saturated rings. The van der Waals surface area contributed by atoms with E-state index in [-0.39, 0.29) is 15.8 Å². The molecule has 0 saturated heterocycles. The van der Waals surface area contributed by atoms with Gasteiger partial charge in [-0.15, -0.1) is 0 Å². The van der Waals surface area contributed by atoms with Crippen LogP contribution in [0.4, 0.5) is 0 Å². The Morgan fingerprint density at radius 1 is 1.29 bits per heavy atom. The first-order valence-electron chi connectivity index (χ1n) is 8.63. The molecule has 0 radical (unpaired) electrons. The van der Waals surface area contributed by atoms with E-state index in [1.807, 2.05) is 6.92 Å². The fourth-order valence-corrected chi connectivity index (χ4v) is 6.68. The van der Waals surface area contributed by atoms with Crippen LogP contribution in [0.2, 0.25) is 0 Å². The monoisotopic (exact) mass is 366 g/mol. The lowest BCUT2D eigenvalue weighted by Gasteiger charge is -2.22. The maximum Gasteiger partial charge on any atom is 0.308 e. The van der Waals surface area contributed by atoms with Crippen molar-refractivity contribution in [1.29, 1.82) is 0 Å². The van der Waals surface area contributed by atoms with E-state index in [1.165, 1.54) is 6.42 Å². The maximum atomic E-state index is 12.7. The van der Waals surface area contributed by atoms with E-state index >= 15 is 0 Å². The summed E-state index contributed by atoms with van der Waals surface area (Å²) in [4.78, 5) is 12.3. The molecule has 1 aromatic carbocycles. The number of sulfonamides is 1. The molecule has 24 heavy (non-hydrogen) atoms. The van der Waals surface area contributed by atoms with Gasteiger partial charge in [0, 0.05) is 12.6 Å². The third-order valence-electron chi connectivity index (χ3n) is 5.44. The second kappa shape index (κ2) is 5.97. The van der Waals surface area contributed by atoms with Crippen LogP contribution in [0, 0.1) is 11.8 Å². The Hall–Kier alpha value is -1.18. The first-order valence-corrected chi connectivity index (χ1v) is 10.9. The molecule has 0 spiro atoms. The number of aryl methyl sites for hydroxylation is 1. The quantitative estimate of drug-likeness (QED) is 0.885. The van der Waals surface area contributed by atoms with Crippen LogP contribution in [0.15, 0.2) is 27.9 Å². The van der Waals surface area contributed by atoms with E-state index in [1.54, 1.807) is 22.8 Å². The molecule has 1 N–H and O–H groups in total. The number of nitrogens with zero attached hydrogens (tertiary/aromatic N) is 1. The zero-order chi connectivity index (χ0) is 16.9. The predicted molar refractivity (Wildman–Crippen MR) is 95.9 cm³/mol. The van der Waals surface area contributed by atoms with Gasteiger partial charge in [-0.25, -0.2) is 13.1 Å². The highest BCUT2D eigenvalue weighted by atomic mass is 32.2. The van der Waals surface area contributed by atoms with Crippen LogP contribution in [0.3, 0.4) is 0 Å². The normalized spacial score (nSPS) is 26.5. The van der Waals surface area contributed by atoms with Crippen molar-refractivity contribution >= 4 is 31.6 Å². The van der Waals surface area contributed by atoms with Crippen LogP contribution in [0.1, 0.15) is 39.0 Å². The minimum absolute atomic E-state index is 0.0255. The van der Waals surface area contributed by atoms with E-state index in [4.69, 9.17) is 0 Å². The van der Waals surface area contributed by atoms with E-state index in [0.717, 1.165) is 47.2 Å². The summed E-state index contributed by atoms with van der Waals surface area (Å²) in [6.45, 7) is 2.68. The summed E-state index contributed by atoms with van der Waals surface area (Å²) in [5.41, 5.74) is 0.825. The first kappa shape index (κ1) is 16.3. The van der Waals surface area contributed by atoms with Crippen molar-refractivity contribution in [2.75, 3.05) is 0 Å². The minimum Gasteiger partial charge on any atom is -0.299 e. The molecule has 5 nitrogen and oxygen atoms in total. The van der Waals surface area contributed by atoms with Crippen molar-refractivity contribution in [3.63, 3.8) is 0 Å². The van der Waals surface area contributed by atoms with Gasteiger partial charge in [-0.2, -0.15) is 0 Å². The molecule has 1 aromatic heterocycles. The number of benzene rings is 1. The van der Waals surface area contributed by atoms with Gasteiger partial charge in [-0.05, 0) is 55.7 Å². The second-order valence-corrected chi connectivity index (χ2v) is 9.76. The van der Waals surface area contributed by atoms with Gasteiger partial charge in [-0.1, -0.05) is 24.7 Å². The number of fused-ring (bicyclic) bond motifs is 3. The summed E-state index contributed by atoms with van der Waals surface area (Å²) < 4.78 is 30.8. The van der Waals surface area contributed by atoms with Gasteiger partial charge in [0.1, 0.15) is 0 Å². The number of nitrogens with one attached hydrogen (secondary N) is 1. The molecule has 2 saturated carbocycles. The molecule has 2 aliphatic rings. The van der Waals surface area contributed by atoms with Crippen molar-refractivity contribution in [3.8, 4) is 0 Å². The van der Waals surface area contributed by atoms with Gasteiger partial charge in [0.05, 0.1) is 15.1 Å². The maximum absolute atomic E-state index is 12.7. The second-order valence-electron chi connectivity index (χ2n) is 7.05. The Morgan fingerprint density at radius 2 is 2.12 bits per heavy atom. The van der Waals surface area contributed by atoms with Gasteiger partial charge in [-0.3, -0.25) is 9.36 Å². The van der Waals surface area contributed by atoms with Crippen LogP contribution in [-0.4, -0.2) is 19.0 Å². The average Bonchev–Trinajstić information content (AvgIpc) is 3.22. The fraction of sp³-hybridized carbons (Fsp3) is 0.588. The van der Waals surface area contributed by atoms with Gasteiger partial charge in [0.25, 0.3) is 0 Å². The number of hydrogen-bond acceptors (Lipinski definition) is 4. The van der Waals surface area contributed by atoms with Crippen LogP contribution in [0.5, 0.6) is 0 Å². The SMILES string of the molecule is CCCn1c(=O)sc2cc(S(=O)(=O)N[C@H]3C[C@H]4CC[C@H]3C4)ccc21. The van der Waals surface area contributed by atoms with E-state index in [0.29, 0.717) is 18.4 Å². The molecule has 3 atom stereocenters. The van der Waals surface area contributed by atoms with E-state index in [2.05, 4.69) is 4.72 Å². The van der Waals surface area contributed by atoms with Gasteiger partial charge >= 0.3 is 4.87 Å². The number of rotatable bonds is 5. The zero-order valence-corrected chi connectivity index (χ0v) is 15.3. The Morgan fingerprint density at radius 3 is 2.79 bits per heavy atom. The van der Waals surface area contributed by atoms with Crippen molar-refractivity contribution in [1.82, 2.24) is 9.29 Å². The Kier molecular flexibility index (Phi) is 4.05. The largest absolute Gasteiger partial charge is 0.308 e. The highest BCUT2D eigenvalue weighted by Crippen LogP contribution is 2.44. The zero-order valence-electron chi connectivity index (χ0n) is 13.7. The topological polar surface area (TPSA) is 68.2 Å². The summed E-state index contributed by atoms with van der Waals surface area (Å²) in [6.07, 6.45) is 5.38. The molecule has 130 valence electrons. The Balaban J connectivity index is 1.64. The first-order chi connectivity index (χ1) is 11.5. The smallest absolute Gasteiger partial charge is 0.299 e. The molecular weight excluding hydrogens is 344 g/mol. The van der Waals surface area contributed by atoms with Gasteiger partial charge in [0.2, 0.25) is 10.0 Å². The van der Waals surface area contributed by atoms with Crippen LogP contribution < -0.4 is 9.60 Å². The van der Waals surface area contributed by atoms with Crippen LogP contribution >= 0.6 is 11.3 Å². The summed E-state index contributed by atoms with van der Waals surface area (Å²) in [7, 11) is -3.53. The molecule has 0 aliphatic heterocycles. The third kappa shape index (κ3) is 2.72. The fourth-order valence-electron chi connectivity index (χ4n) is 4.31. The number of hydrogen-bond donors (Lipinski definition) is 1. The number of aromatic nitrogens is 1. The van der Waals surface area contributed by atoms with E-state index in [9.17, 15) is 13.2 Å². The van der Waals surface area contributed by atoms with Crippen molar-refractivity contribution in [2.45, 2.75) is 56.5 Å². The summed E-state index contributed by atoms with van der Waals surface area (Å²) in [5.74, 6) is 1.19. The highest BCUT2D eigenvalue weighted by Gasteiger charge is 2.41. The summed E-state index contributed by atoms with van der Waals surface area (Å²) in [5, 5.41) is 0. The molecule has 2 aromatic rings. The number of thiazole rings is 1. The molecule has 2 bridgehead atoms. The standard InChI is InChI=1S/C17H22N2O3S2/c1-2-7-19-15-6-5-13(10-16(15)23-17(19)20)24(21,22)18-14-9-11-3-4-12(14)8-11/h5-6,10-12,14,18H,2-4,7-9H2,1H3/t11-,12-,14-/m0/s1. The molecule has 0 amide bonds. The van der Waals surface area contributed by atoms with Gasteiger partial charge < -0.3 is 0 Å². The molecular formula is C17H22N2O3S2. The van der Waals surface area contributed by atoms with Gasteiger partial charge in [0.15, 0.2) is 0 Å². The highest BCUT2D eigenvalue weighted by molar-refractivity contribution is 7.89. The Labute approximate surface area is 145 Å². The van der Waals surface area contributed by atoms with Crippen LogP contribution in [-0.2, 0) is 16.6 Å². The lowest BCUT2D eigenvalue weighted by molar-refractivity contribution is 0.390. The van der Waals surface area contributed by atoms with Crippen molar-refractivity contribution < 1.29 is 8.42 Å². The van der Waals surface area contributed by atoms with Crippen molar-refractivity contribution in [3.05, 3.63) is 27.9 Å². The third-order valence-corrected chi connectivity index (χ3v) is 7.87. The molecule has 7 heteroatoms. The summed E-state index contributed by atoms with van der Waals surface area (Å²) in [6, 6.07) is 5.10. The average molecular weight is 367 g/mol. The minimum atomic E-state index is -3.53. The summed E-state index contributed by atoms with van der Waals surface area (Å²) >= 11 is 1.12. The lowest BCUT2D eigenvalue weighted by atomic mass is 9.96. The predicted octanol–water partition coefficient (Wildman–Crippen LogP) is 2.94. The lowest BCUT2D eigenvalue weighted by Crippen LogP contribution is -2.38. The van der Waals surface area contributed by atoms with Crippen LogP contribution in [0.25, 0.3) is 10.2 Å². The Bertz CT molecular complexity index is 929.